The molecule has 0 aromatic heterocycles. The van der Waals surface area contributed by atoms with Gasteiger partial charge in [0.15, 0.2) is 23.0 Å². The lowest BCUT2D eigenvalue weighted by Gasteiger charge is -2.60. The summed E-state index contributed by atoms with van der Waals surface area (Å²) in [6.07, 6.45) is 2.11. The average molecular weight is 576 g/mol. The number of Topliss-reactive ketones (excluding diaryl/α,β-unsaturated/α-hetero) is 2. The van der Waals surface area contributed by atoms with E-state index in [4.69, 9.17) is 18.9 Å². The molecule has 1 saturated heterocycles. The Morgan fingerprint density at radius 3 is 2.55 bits per heavy atom. The largest absolute Gasteiger partial charge is 0.507 e. The van der Waals surface area contributed by atoms with Crippen molar-refractivity contribution < 1.29 is 38.4 Å². The van der Waals surface area contributed by atoms with Crippen LogP contribution >= 0.6 is 0 Å². The van der Waals surface area contributed by atoms with Crippen molar-refractivity contribution in [1.29, 1.82) is 5.26 Å². The standard InChI is InChI=1S/C31H33N3O8/c1-7-13(2)31(38)40-11-21-22-16(26(36)15(4)29-30(22)42-12-41-29)9-19-24-23-17(25(35)14(3)28(39-6)27(23)37)8-18(33(24)5)20(10-32)34(19)21/h7,18-21,24,36H,8-9,11-12H2,1-6H3. The quantitative estimate of drug-likeness (QED) is 0.322. The van der Waals surface area contributed by atoms with E-state index in [1.54, 1.807) is 33.8 Å². The second kappa shape index (κ2) is 10.00. The van der Waals surface area contributed by atoms with Crippen molar-refractivity contribution in [2.45, 2.75) is 70.7 Å². The molecule has 1 aromatic rings. The lowest BCUT2D eigenvalue weighted by atomic mass is 9.69. The lowest BCUT2D eigenvalue weighted by Crippen LogP contribution is -2.72. The van der Waals surface area contributed by atoms with E-state index >= 15 is 0 Å². The minimum Gasteiger partial charge on any atom is -0.507 e. The minimum absolute atomic E-state index is 0.0186. The molecule has 1 aromatic carbocycles. The van der Waals surface area contributed by atoms with Crippen molar-refractivity contribution in [1.82, 2.24) is 9.80 Å². The third-order valence-electron chi connectivity index (χ3n) is 9.57. The van der Waals surface area contributed by atoms with E-state index in [1.807, 2.05) is 16.8 Å². The monoisotopic (exact) mass is 575 g/mol. The number of nitrogens with zero attached hydrogens (tertiary/aromatic N) is 3. The molecule has 220 valence electrons. The number of nitriles is 1. The van der Waals surface area contributed by atoms with E-state index in [2.05, 4.69) is 6.07 Å². The number of carbonyl (C=O) groups is 3. The van der Waals surface area contributed by atoms with Gasteiger partial charge >= 0.3 is 5.97 Å². The van der Waals surface area contributed by atoms with Crippen LogP contribution in [0, 0.1) is 18.3 Å². The molecule has 5 unspecified atom stereocenters. The number of aromatic hydroxyl groups is 1. The smallest absolute Gasteiger partial charge is 0.333 e. The van der Waals surface area contributed by atoms with Crippen LogP contribution in [0.1, 0.15) is 49.9 Å². The molecule has 4 aliphatic heterocycles. The molecular weight excluding hydrogens is 542 g/mol. The highest BCUT2D eigenvalue weighted by atomic mass is 16.7. The number of likely N-dealkylation sites (N-methyl/N-ethyl adjacent to an activating group) is 1. The zero-order chi connectivity index (χ0) is 30.2. The lowest BCUT2D eigenvalue weighted by molar-refractivity contribution is -0.144. The maximum atomic E-state index is 13.9. The summed E-state index contributed by atoms with van der Waals surface area (Å²) < 4.78 is 22.8. The number of esters is 1. The predicted octanol–water partition coefficient (Wildman–Crippen LogP) is 2.55. The van der Waals surface area contributed by atoms with Crippen molar-refractivity contribution in [3.8, 4) is 23.3 Å². The number of allylic oxidation sites excluding steroid dienone is 3. The second-order valence-electron chi connectivity index (χ2n) is 11.4. The van der Waals surface area contributed by atoms with Gasteiger partial charge in [0, 0.05) is 51.1 Å². The third kappa shape index (κ3) is 3.68. The van der Waals surface area contributed by atoms with E-state index in [1.165, 1.54) is 7.11 Å². The first kappa shape index (κ1) is 28.0. The first-order chi connectivity index (χ1) is 20.1. The molecule has 11 nitrogen and oxygen atoms in total. The van der Waals surface area contributed by atoms with Gasteiger partial charge in [-0.2, -0.15) is 5.26 Å². The summed E-state index contributed by atoms with van der Waals surface area (Å²) in [6, 6.07) is -0.520. The Balaban J connectivity index is 1.56. The Morgan fingerprint density at radius 1 is 1.17 bits per heavy atom. The second-order valence-corrected chi connectivity index (χ2v) is 11.4. The topological polar surface area (TPSA) is 139 Å². The Morgan fingerprint density at radius 2 is 1.88 bits per heavy atom. The van der Waals surface area contributed by atoms with Gasteiger partial charge in [-0.1, -0.05) is 6.08 Å². The summed E-state index contributed by atoms with van der Waals surface area (Å²) in [7, 11) is 3.24. The molecule has 0 amide bonds. The minimum atomic E-state index is -0.734. The molecule has 0 saturated carbocycles. The number of fused-ring (bicyclic) bond motifs is 8. The number of carbonyl (C=O) groups excluding carboxylic acids is 3. The summed E-state index contributed by atoms with van der Waals surface area (Å²) >= 11 is 0. The Kier molecular flexibility index (Phi) is 6.66. The SMILES string of the molecule is CC=C(C)C(=O)OCC1c2c(c(O)c(C)c3c2OCO3)CC2C3C4=C(CC(C(C#N)N12)N3C)C(=O)C(C)=C(OC)C4=O. The van der Waals surface area contributed by atoms with E-state index in [-0.39, 0.29) is 54.9 Å². The van der Waals surface area contributed by atoms with Gasteiger partial charge in [-0.15, -0.1) is 0 Å². The number of piperazine rings is 1. The molecule has 0 radical (unpaired) electrons. The van der Waals surface area contributed by atoms with Crippen LogP contribution in [0.3, 0.4) is 0 Å². The Labute approximate surface area is 243 Å². The molecule has 1 fully saturated rings. The van der Waals surface area contributed by atoms with Crippen LogP contribution in [-0.2, 0) is 30.3 Å². The van der Waals surface area contributed by atoms with Gasteiger partial charge in [0.25, 0.3) is 0 Å². The summed E-state index contributed by atoms with van der Waals surface area (Å²) in [5.41, 5.74) is 3.15. The van der Waals surface area contributed by atoms with Gasteiger partial charge in [-0.05, 0) is 47.6 Å². The van der Waals surface area contributed by atoms with Crippen molar-refractivity contribution in [3.05, 3.63) is 50.8 Å². The normalized spacial score (nSPS) is 28.7. The van der Waals surface area contributed by atoms with Gasteiger partial charge in [-0.25, -0.2) is 4.79 Å². The van der Waals surface area contributed by atoms with E-state index in [0.29, 0.717) is 44.9 Å². The van der Waals surface area contributed by atoms with Gasteiger partial charge in [-0.3, -0.25) is 19.4 Å². The number of phenolic OH excluding ortho intramolecular Hbond substituents is 1. The fourth-order valence-corrected chi connectivity index (χ4v) is 7.40. The molecule has 5 aliphatic rings. The molecule has 42 heavy (non-hydrogen) atoms. The summed E-state index contributed by atoms with van der Waals surface area (Å²) in [4.78, 5) is 44.2. The van der Waals surface area contributed by atoms with Crippen molar-refractivity contribution >= 4 is 17.5 Å². The van der Waals surface area contributed by atoms with E-state index < -0.39 is 36.2 Å². The molecule has 1 N–H and O–H groups in total. The zero-order valence-corrected chi connectivity index (χ0v) is 24.4. The molecular formula is C31H33N3O8. The summed E-state index contributed by atoms with van der Waals surface area (Å²) in [6.45, 7) is 6.56. The molecule has 6 rings (SSSR count). The number of ether oxygens (including phenoxy) is 4. The van der Waals surface area contributed by atoms with Gasteiger partial charge in [0.1, 0.15) is 18.4 Å². The predicted molar refractivity (Wildman–Crippen MR) is 148 cm³/mol. The number of hydrogen-bond acceptors (Lipinski definition) is 11. The molecule has 0 spiro atoms. The number of rotatable bonds is 4. The van der Waals surface area contributed by atoms with Crippen LogP contribution in [0.15, 0.2) is 34.1 Å². The van der Waals surface area contributed by atoms with Crippen molar-refractivity contribution in [3.63, 3.8) is 0 Å². The summed E-state index contributed by atoms with van der Waals surface area (Å²) in [5.74, 6) is -0.191. The molecule has 2 bridgehead atoms. The fourth-order valence-electron chi connectivity index (χ4n) is 7.40. The maximum Gasteiger partial charge on any atom is 0.333 e. The van der Waals surface area contributed by atoms with Crippen LogP contribution in [0.5, 0.6) is 17.2 Å². The Bertz CT molecular complexity index is 1580. The van der Waals surface area contributed by atoms with Crippen LogP contribution < -0.4 is 9.47 Å². The van der Waals surface area contributed by atoms with Gasteiger partial charge < -0.3 is 24.1 Å². The van der Waals surface area contributed by atoms with Crippen LogP contribution in [0.2, 0.25) is 0 Å². The number of ketones is 2. The third-order valence-corrected chi connectivity index (χ3v) is 9.57. The van der Waals surface area contributed by atoms with Crippen LogP contribution in [0.25, 0.3) is 0 Å². The van der Waals surface area contributed by atoms with Gasteiger partial charge in [0.2, 0.25) is 12.6 Å². The highest BCUT2D eigenvalue weighted by Crippen LogP contribution is 2.56. The summed E-state index contributed by atoms with van der Waals surface area (Å²) in [5, 5.41) is 22.1. The number of hydrogen-bond donors (Lipinski definition) is 1. The van der Waals surface area contributed by atoms with Crippen molar-refractivity contribution in [2.75, 3.05) is 27.6 Å². The molecule has 5 atom stereocenters. The molecule has 4 heterocycles. The molecule has 1 aliphatic carbocycles. The number of benzene rings is 1. The Hall–Kier alpha value is -4.14. The van der Waals surface area contributed by atoms with Crippen molar-refractivity contribution in [2.24, 2.45) is 0 Å². The van der Waals surface area contributed by atoms with Crippen LogP contribution in [0.4, 0.5) is 0 Å². The maximum absolute atomic E-state index is 13.9. The van der Waals surface area contributed by atoms with Crippen LogP contribution in [-0.4, -0.2) is 84.2 Å². The average Bonchev–Trinajstić information content (AvgIpc) is 3.47. The molecule has 11 heteroatoms. The fraction of sp³-hybridized carbons (Fsp3) is 0.484. The first-order valence-corrected chi connectivity index (χ1v) is 14.0. The number of methoxy groups -OCH3 is 1. The highest BCUT2D eigenvalue weighted by Gasteiger charge is 2.59. The van der Waals surface area contributed by atoms with E-state index in [0.717, 1.165) is 0 Å². The van der Waals surface area contributed by atoms with Gasteiger partial charge in [0.05, 0.1) is 25.3 Å². The first-order valence-electron chi connectivity index (χ1n) is 14.0. The number of phenols is 1. The highest BCUT2D eigenvalue weighted by molar-refractivity contribution is 6.25. The zero-order valence-electron chi connectivity index (χ0n) is 24.4. The van der Waals surface area contributed by atoms with E-state index in [9.17, 15) is 24.8 Å².